The first-order valence-corrected chi connectivity index (χ1v) is 4.12. The molecule has 1 heteroatoms. The normalized spacial score (nSPS) is 12.5. The summed E-state index contributed by atoms with van der Waals surface area (Å²) >= 11 is 0. The van der Waals surface area contributed by atoms with Crippen molar-refractivity contribution in [2.24, 2.45) is 0 Å². The van der Waals surface area contributed by atoms with Crippen molar-refractivity contribution in [2.75, 3.05) is 5.73 Å². The number of hydrogen-bond acceptors (Lipinski definition) is 1. The Bertz CT molecular complexity index is 272. The molecule has 1 nitrogen and oxygen atoms in total. The number of nitrogens with two attached hydrogens (primary N) is 1. The zero-order chi connectivity index (χ0) is 9.14. The van der Waals surface area contributed by atoms with Gasteiger partial charge in [0.2, 0.25) is 0 Å². The van der Waals surface area contributed by atoms with Gasteiger partial charge >= 0.3 is 0 Å². The predicted octanol–water partition coefficient (Wildman–Crippen LogP) is 2.95. The Morgan fingerprint density at radius 2 is 1.83 bits per heavy atom. The van der Waals surface area contributed by atoms with Gasteiger partial charge in [-0.2, -0.15) is 0 Å². The van der Waals surface area contributed by atoms with Gasteiger partial charge in [-0.15, -0.1) is 0 Å². The highest BCUT2D eigenvalue weighted by Crippen LogP contribution is 2.22. The van der Waals surface area contributed by atoms with Gasteiger partial charge in [-0.05, 0) is 24.6 Å². The van der Waals surface area contributed by atoms with Gasteiger partial charge in [0.1, 0.15) is 0 Å². The third kappa shape index (κ3) is 1.88. The van der Waals surface area contributed by atoms with Crippen LogP contribution in [0.3, 0.4) is 0 Å². The number of anilines is 1. The van der Waals surface area contributed by atoms with E-state index in [0.29, 0.717) is 5.92 Å². The van der Waals surface area contributed by atoms with Crippen LogP contribution in [0.25, 0.3) is 0 Å². The van der Waals surface area contributed by atoms with Gasteiger partial charge in [0.15, 0.2) is 0 Å². The van der Waals surface area contributed by atoms with Crippen LogP contribution in [-0.2, 0) is 0 Å². The van der Waals surface area contributed by atoms with Crippen LogP contribution in [-0.4, -0.2) is 0 Å². The third-order valence-corrected chi connectivity index (χ3v) is 2.18. The first-order chi connectivity index (χ1) is 5.61. The summed E-state index contributed by atoms with van der Waals surface area (Å²) in [5.41, 5.74) is 8.85. The van der Waals surface area contributed by atoms with E-state index in [0.717, 1.165) is 5.69 Å². The zero-order valence-corrected chi connectivity index (χ0v) is 7.67. The van der Waals surface area contributed by atoms with E-state index in [1.165, 1.54) is 11.1 Å². The summed E-state index contributed by atoms with van der Waals surface area (Å²) in [6, 6.07) is 7.95. The number of benzene rings is 1. The fraction of sp³-hybridized carbons (Fsp3) is 0.273. The van der Waals surface area contributed by atoms with Crippen LogP contribution in [0.1, 0.15) is 25.3 Å². The van der Waals surface area contributed by atoms with E-state index in [9.17, 15) is 0 Å². The van der Waals surface area contributed by atoms with Gasteiger partial charge in [0.05, 0.1) is 0 Å². The molecule has 1 rings (SSSR count). The molecule has 0 aliphatic heterocycles. The lowest BCUT2D eigenvalue weighted by atomic mass is 9.95. The summed E-state index contributed by atoms with van der Waals surface area (Å²) in [7, 11) is 0. The summed E-state index contributed by atoms with van der Waals surface area (Å²) in [6.45, 7) is 8.11. The molecule has 2 N–H and O–H groups in total. The highest BCUT2D eigenvalue weighted by atomic mass is 14.5. The van der Waals surface area contributed by atoms with Crippen molar-refractivity contribution < 1.29 is 0 Å². The molecule has 12 heavy (non-hydrogen) atoms. The van der Waals surface area contributed by atoms with E-state index in [1.54, 1.807) is 0 Å². The van der Waals surface area contributed by atoms with E-state index >= 15 is 0 Å². The van der Waals surface area contributed by atoms with Crippen LogP contribution in [0.2, 0.25) is 0 Å². The topological polar surface area (TPSA) is 26.0 Å². The molecule has 0 saturated heterocycles. The first-order valence-electron chi connectivity index (χ1n) is 4.12. The SMILES string of the molecule is C=C(C)C(C)c1ccc(N)cc1. The molecule has 1 aromatic rings. The molecule has 1 aromatic carbocycles. The third-order valence-electron chi connectivity index (χ3n) is 2.18. The second kappa shape index (κ2) is 3.44. The molecule has 0 aliphatic carbocycles. The molecule has 0 saturated carbocycles. The van der Waals surface area contributed by atoms with Crippen molar-refractivity contribution in [1.29, 1.82) is 0 Å². The molecule has 0 spiro atoms. The largest absolute Gasteiger partial charge is 0.399 e. The lowest BCUT2D eigenvalue weighted by Gasteiger charge is -2.11. The van der Waals surface area contributed by atoms with Gasteiger partial charge in [-0.25, -0.2) is 0 Å². The van der Waals surface area contributed by atoms with Crippen LogP contribution in [0.4, 0.5) is 5.69 Å². The van der Waals surface area contributed by atoms with Crippen molar-refractivity contribution in [3.8, 4) is 0 Å². The van der Waals surface area contributed by atoms with Crippen molar-refractivity contribution in [3.05, 3.63) is 42.0 Å². The average Bonchev–Trinajstić information content (AvgIpc) is 2.04. The van der Waals surface area contributed by atoms with Gasteiger partial charge in [-0.3, -0.25) is 0 Å². The van der Waals surface area contributed by atoms with E-state index < -0.39 is 0 Å². The Labute approximate surface area is 73.9 Å². The number of rotatable bonds is 2. The maximum absolute atomic E-state index is 5.58. The minimum atomic E-state index is 0.422. The fourth-order valence-electron chi connectivity index (χ4n) is 1.07. The van der Waals surface area contributed by atoms with Crippen molar-refractivity contribution >= 4 is 5.69 Å². The highest BCUT2D eigenvalue weighted by molar-refractivity contribution is 5.41. The number of allylic oxidation sites excluding steroid dienone is 1. The van der Waals surface area contributed by atoms with E-state index in [2.05, 4.69) is 25.6 Å². The second-order valence-corrected chi connectivity index (χ2v) is 3.23. The molecule has 0 fully saturated rings. The van der Waals surface area contributed by atoms with Crippen molar-refractivity contribution in [2.45, 2.75) is 19.8 Å². The van der Waals surface area contributed by atoms with Crippen molar-refractivity contribution in [3.63, 3.8) is 0 Å². The van der Waals surface area contributed by atoms with Crippen LogP contribution < -0.4 is 5.73 Å². The van der Waals surface area contributed by atoms with Gasteiger partial charge in [0, 0.05) is 11.6 Å². The maximum Gasteiger partial charge on any atom is 0.0314 e. The molecule has 0 aliphatic rings. The highest BCUT2D eigenvalue weighted by Gasteiger charge is 2.04. The summed E-state index contributed by atoms with van der Waals surface area (Å²) in [6.07, 6.45) is 0. The van der Waals surface area contributed by atoms with Crippen LogP contribution >= 0.6 is 0 Å². The zero-order valence-electron chi connectivity index (χ0n) is 7.67. The Hall–Kier alpha value is -1.24. The van der Waals surface area contributed by atoms with Gasteiger partial charge in [-0.1, -0.05) is 31.2 Å². The number of nitrogen functional groups attached to an aromatic ring is 1. The summed E-state index contributed by atoms with van der Waals surface area (Å²) in [5, 5.41) is 0. The molecule has 0 amide bonds. The summed E-state index contributed by atoms with van der Waals surface area (Å²) < 4.78 is 0. The summed E-state index contributed by atoms with van der Waals surface area (Å²) in [4.78, 5) is 0. The molecule has 1 unspecified atom stereocenters. The quantitative estimate of drug-likeness (QED) is 0.523. The smallest absolute Gasteiger partial charge is 0.0314 e. The lowest BCUT2D eigenvalue weighted by molar-refractivity contribution is 0.899. The lowest BCUT2D eigenvalue weighted by Crippen LogP contribution is -1.94. The Morgan fingerprint density at radius 1 is 1.33 bits per heavy atom. The Morgan fingerprint density at radius 3 is 2.25 bits per heavy atom. The van der Waals surface area contributed by atoms with Gasteiger partial charge in [0.25, 0.3) is 0 Å². The molecule has 0 bridgehead atoms. The summed E-state index contributed by atoms with van der Waals surface area (Å²) in [5.74, 6) is 0.422. The van der Waals surface area contributed by atoms with Crippen LogP contribution in [0.15, 0.2) is 36.4 Å². The molecule has 0 aromatic heterocycles. The predicted molar refractivity (Wildman–Crippen MR) is 54.1 cm³/mol. The molecule has 1 atom stereocenters. The Balaban J connectivity index is 2.89. The fourth-order valence-corrected chi connectivity index (χ4v) is 1.07. The monoisotopic (exact) mass is 161 g/mol. The molecular formula is C11H15N. The van der Waals surface area contributed by atoms with Gasteiger partial charge < -0.3 is 5.73 Å². The minimum Gasteiger partial charge on any atom is -0.399 e. The second-order valence-electron chi connectivity index (χ2n) is 3.23. The molecule has 0 radical (unpaired) electrons. The molecule has 0 heterocycles. The molecular weight excluding hydrogens is 146 g/mol. The molecule has 64 valence electrons. The van der Waals surface area contributed by atoms with Crippen molar-refractivity contribution in [1.82, 2.24) is 0 Å². The van der Waals surface area contributed by atoms with E-state index in [1.807, 2.05) is 19.1 Å². The maximum atomic E-state index is 5.58. The minimum absolute atomic E-state index is 0.422. The van der Waals surface area contributed by atoms with E-state index in [-0.39, 0.29) is 0 Å². The number of hydrogen-bond donors (Lipinski definition) is 1. The first kappa shape index (κ1) is 8.85. The van der Waals surface area contributed by atoms with Crippen LogP contribution in [0.5, 0.6) is 0 Å². The standard InChI is InChI=1S/C11H15N/c1-8(2)9(3)10-4-6-11(12)7-5-10/h4-7,9H,1,12H2,2-3H3. The average molecular weight is 161 g/mol. The Kier molecular flexibility index (Phi) is 2.54. The van der Waals surface area contributed by atoms with Crippen LogP contribution in [0, 0.1) is 0 Å². The van der Waals surface area contributed by atoms with E-state index in [4.69, 9.17) is 5.73 Å².